The van der Waals surface area contributed by atoms with E-state index < -0.39 is 0 Å². The van der Waals surface area contributed by atoms with Crippen LogP contribution in [0, 0.1) is 13.8 Å². The Hall–Kier alpha value is -2.58. The second-order valence-electron chi connectivity index (χ2n) is 9.52. The Morgan fingerprint density at radius 2 is 1.84 bits per heavy atom. The summed E-state index contributed by atoms with van der Waals surface area (Å²) in [6.45, 7) is 17.2. The summed E-state index contributed by atoms with van der Waals surface area (Å²) in [7, 11) is 0. The maximum Gasteiger partial charge on any atom is 0.253 e. The average molecular weight is 424 g/mol. The standard InChI is InChI=1S/C23H33N7O/c1-7-28-10-12-29(13-11-28)20(21-25-26-27-30(21)23(4,5)6)18-14-17-9-8-15(2)16(3)19(17)24-22(18)31/h8-9,14,20H,7,10-13H2,1-6H3,(H,24,31)/t20-/m1/s1. The summed E-state index contributed by atoms with van der Waals surface area (Å²) in [6.07, 6.45) is 0. The smallest absolute Gasteiger partial charge is 0.253 e. The zero-order valence-corrected chi connectivity index (χ0v) is 19.4. The Kier molecular flexibility index (Phi) is 5.70. The van der Waals surface area contributed by atoms with Crippen molar-refractivity contribution in [1.82, 2.24) is 35.0 Å². The van der Waals surface area contributed by atoms with Gasteiger partial charge in [0.25, 0.3) is 5.56 Å². The predicted octanol–water partition coefficient (Wildman–Crippen LogP) is 2.61. The number of hydrogen-bond donors (Lipinski definition) is 1. The van der Waals surface area contributed by atoms with Crippen molar-refractivity contribution in [3.05, 3.63) is 51.1 Å². The van der Waals surface area contributed by atoms with Crippen molar-refractivity contribution in [2.24, 2.45) is 0 Å². The predicted molar refractivity (Wildman–Crippen MR) is 122 cm³/mol. The van der Waals surface area contributed by atoms with E-state index >= 15 is 0 Å². The molecule has 4 rings (SSSR count). The highest BCUT2D eigenvalue weighted by molar-refractivity contribution is 5.83. The quantitative estimate of drug-likeness (QED) is 0.695. The number of rotatable bonds is 4. The van der Waals surface area contributed by atoms with Crippen molar-refractivity contribution >= 4 is 10.9 Å². The normalized spacial score (nSPS) is 17.4. The lowest BCUT2D eigenvalue weighted by atomic mass is 9.99. The second kappa shape index (κ2) is 8.16. The number of aryl methyl sites for hydroxylation is 2. The first-order chi connectivity index (χ1) is 14.7. The summed E-state index contributed by atoms with van der Waals surface area (Å²) in [6, 6.07) is 5.91. The first-order valence-corrected chi connectivity index (χ1v) is 11.1. The molecule has 0 amide bonds. The number of nitrogens with one attached hydrogen (secondary N) is 1. The molecule has 0 aliphatic carbocycles. The summed E-state index contributed by atoms with van der Waals surface area (Å²) in [4.78, 5) is 21.3. The molecule has 8 heteroatoms. The Bertz CT molecular complexity index is 1130. The van der Waals surface area contributed by atoms with E-state index in [-0.39, 0.29) is 17.1 Å². The van der Waals surface area contributed by atoms with E-state index in [4.69, 9.17) is 0 Å². The van der Waals surface area contributed by atoms with Gasteiger partial charge in [-0.2, -0.15) is 0 Å². The van der Waals surface area contributed by atoms with Gasteiger partial charge in [-0.15, -0.1) is 5.10 Å². The molecule has 1 aliphatic rings. The zero-order valence-electron chi connectivity index (χ0n) is 19.4. The van der Waals surface area contributed by atoms with Gasteiger partial charge in [0.15, 0.2) is 5.82 Å². The highest BCUT2D eigenvalue weighted by Gasteiger charge is 2.34. The van der Waals surface area contributed by atoms with Gasteiger partial charge in [0.1, 0.15) is 6.04 Å². The van der Waals surface area contributed by atoms with Crippen molar-refractivity contribution in [1.29, 1.82) is 0 Å². The summed E-state index contributed by atoms with van der Waals surface area (Å²) in [5.74, 6) is 0.714. The molecule has 31 heavy (non-hydrogen) atoms. The van der Waals surface area contributed by atoms with Gasteiger partial charge in [-0.1, -0.05) is 19.1 Å². The van der Waals surface area contributed by atoms with Gasteiger partial charge >= 0.3 is 0 Å². The van der Waals surface area contributed by atoms with Crippen LogP contribution in [-0.4, -0.2) is 67.7 Å². The fourth-order valence-electron chi connectivity index (χ4n) is 4.42. The van der Waals surface area contributed by atoms with E-state index in [0.29, 0.717) is 11.4 Å². The molecule has 0 saturated carbocycles. The van der Waals surface area contributed by atoms with Gasteiger partial charge in [-0.3, -0.25) is 9.69 Å². The first-order valence-electron chi connectivity index (χ1n) is 11.1. The number of nitrogens with zero attached hydrogens (tertiary/aromatic N) is 6. The largest absolute Gasteiger partial charge is 0.321 e. The number of hydrogen-bond acceptors (Lipinski definition) is 6. The van der Waals surface area contributed by atoms with Gasteiger partial charge < -0.3 is 9.88 Å². The molecule has 1 aliphatic heterocycles. The highest BCUT2D eigenvalue weighted by atomic mass is 16.1. The van der Waals surface area contributed by atoms with Crippen molar-refractivity contribution in [3.8, 4) is 0 Å². The summed E-state index contributed by atoms with van der Waals surface area (Å²) < 4.78 is 1.86. The molecule has 2 aromatic heterocycles. The van der Waals surface area contributed by atoms with Crippen LogP contribution >= 0.6 is 0 Å². The number of aromatic nitrogens is 5. The van der Waals surface area contributed by atoms with Gasteiger partial charge in [0.2, 0.25) is 0 Å². The van der Waals surface area contributed by atoms with E-state index in [2.05, 4.69) is 84.0 Å². The highest BCUT2D eigenvalue weighted by Crippen LogP contribution is 2.30. The third-order valence-corrected chi connectivity index (χ3v) is 6.47. The Balaban J connectivity index is 1.88. The number of aromatic amines is 1. The van der Waals surface area contributed by atoms with Crippen LogP contribution in [0.15, 0.2) is 23.0 Å². The molecule has 0 radical (unpaired) electrons. The summed E-state index contributed by atoms with van der Waals surface area (Å²) >= 11 is 0. The fourth-order valence-corrected chi connectivity index (χ4v) is 4.42. The van der Waals surface area contributed by atoms with Crippen molar-refractivity contribution in [2.45, 2.75) is 53.1 Å². The van der Waals surface area contributed by atoms with Crippen LogP contribution in [0.1, 0.15) is 56.3 Å². The second-order valence-corrected chi connectivity index (χ2v) is 9.52. The summed E-state index contributed by atoms with van der Waals surface area (Å²) in [5, 5.41) is 13.7. The molecule has 1 atom stereocenters. The maximum atomic E-state index is 13.4. The molecule has 1 saturated heterocycles. The van der Waals surface area contributed by atoms with Gasteiger partial charge in [-0.25, -0.2) is 4.68 Å². The average Bonchev–Trinajstić information content (AvgIpc) is 3.23. The lowest BCUT2D eigenvalue weighted by Gasteiger charge is -2.39. The number of likely N-dealkylation sites (N-methyl/N-ethyl adjacent to an activating group) is 1. The molecule has 3 heterocycles. The number of fused-ring (bicyclic) bond motifs is 1. The maximum absolute atomic E-state index is 13.4. The minimum atomic E-state index is -0.303. The number of pyridine rings is 1. The molecule has 1 N–H and O–H groups in total. The monoisotopic (exact) mass is 423 g/mol. The third kappa shape index (κ3) is 4.02. The molecule has 0 spiro atoms. The molecular formula is C23H33N7O. The van der Waals surface area contributed by atoms with Crippen LogP contribution in [-0.2, 0) is 5.54 Å². The molecule has 1 aromatic carbocycles. The van der Waals surface area contributed by atoms with Crippen molar-refractivity contribution in [3.63, 3.8) is 0 Å². The van der Waals surface area contributed by atoms with E-state index in [1.165, 1.54) is 5.56 Å². The molecule has 3 aromatic rings. The van der Waals surface area contributed by atoms with Crippen molar-refractivity contribution < 1.29 is 0 Å². The lowest BCUT2D eigenvalue weighted by Crippen LogP contribution is -2.49. The van der Waals surface area contributed by atoms with Gasteiger partial charge in [-0.05, 0) is 74.2 Å². The van der Waals surface area contributed by atoms with Crippen LogP contribution in [0.25, 0.3) is 10.9 Å². The van der Waals surface area contributed by atoms with Crippen LogP contribution in [0.4, 0.5) is 0 Å². The van der Waals surface area contributed by atoms with Gasteiger partial charge in [0, 0.05) is 31.7 Å². The van der Waals surface area contributed by atoms with E-state index in [1.54, 1.807) is 0 Å². The van der Waals surface area contributed by atoms with Crippen LogP contribution in [0.3, 0.4) is 0 Å². The van der Waals surface area contributed by atoms with Crippen LogP contribution in [0.5, 0.6) is 0 Å². The van der Waals surface area contributed by atoms with E-state index in [1.807, 2.05) is 10.7 Å². The number of H-pyrrole nitrogens is 1. The van der Waals surface area contributed by atoms with Crippen LogP contribution in [0.2, 0.25) is 0 Å². The van der Waals surface area contributed by atoms with E-state index in [9.17, 15) is 4.79 Å². The van der Waals surface area contributed by atoms with E-state index in [0.717, 1.165) is 49.2 Å². The number of piperazine rings is 1. The minimum Gasteiger partial charge on any atom is -0.321 e. The Morgan fingerprint density at radius 1 is 1.13 bits per heavy atom. The minimum absolute atomic E-state index is 0.0763. The van der Waals surface area contributed by atoms with Crippen molar-refractivity contribution in [2.75, 3.05) is 32.7 Å². The topological polar surface area (TPSA) is 82.9 Å². The molecular weight excluding hydrogens is 390 g/mol. The molecule has 8 nitrogen and oxygen atoms in total. The molecule has 0 bridgehead atoms. The summed E-state index contributed by atoms with van der Waals surface area (Å²) in [5.41, 5.74) is 3.50. The number of benzene rings is 1. The lowest BCUT2D eigenvalue weighted by molar-refractivity contribution is 0.105. The first kappa shape index (κ1) is 21.6. The molecule has 166 valence electrons. The fraction of sp³-hybridized carbons (Fsp3) is 0.565. The third-order valence-electron chi connectivity index (χ3n) is 6.47. The SMILES string of the molecule is CCN1CCN([C@H](c2cc3ccc(C)c(C)c3[nH]c2=O)c2nnnn2C(C)(C)C)CC1. The Labute approximate surface area is 183 Å². The Morgan fingerprint density at radius 3 is 2.48 bits per heavy atom. The number of tetrazole rings is 1. The molecule has 1 fully saturated rings. The zero-order chi connectivity index (χ0) is 22.3. The molecule has 0 unspecified atom stereocenters. The van der Waals surface area contributed by atoms with Gasteiger partial charge in [0.05, 0.1) is 11.1 Å². The van der Waals surface area contributed by atoms with Crippen LogP contribution < -0.4 is 5.56 Å².